The lowest BCUT2D eigenvalue weighted by atomic mass is 10.1. The molecule has 2 amide bonds. The zero-order valence-electron chi connectivity index (χ0n) is 17.2. The van der Waals surface area contributed by atoms with Crippen molar-refractivity contribution in [1.82, 2.24) is 15.2 Å². The lowest BCUT2D eigenvalue weighted by molar-refractivity contribution is -0.274. The zero-order valence-corrected chi connectivity index (χ0v) is 17.2. The van der Waals surface area contributed by atoms with Crippen LogP contribution in [0.2, 0.25) is 0 Å². The number of carbonyl (C=O) groups excluding carboxylic acids is 2. The van der Waals surface area contributed by atoms with Crippen LogP contribution >= 0.6 is 0 Å². The topological polar surface area (TPSA) is 107 Å². The van der Waals surface area contributed by atoms with Gasteiger partial charge in [0.05, 0.1) is 25.1 Å². The van der Waals surface area contributed by atoms with E-state index in [-0.39, 0.29) is 23.6 Å². The van der Waals surface area contributed by atoms with Crippen molar-refractivity contribution in [3.8, 4) is 11.5 Å². The second-order valence-electron chi connectivity index (χ2n) is 7.20. The van der Waals surface area contributed by atoms with E-state index < -0.39 is 49.0 Å². The number of anilines is 1. The number of rotatable bonds is 6. The molecule has 0 radical (unpaired) electrons. The van der Waals surface area contributed by atoms with Crippen LogP contribution in [-0.4, -0.2) is 60.2 Å². The van der Waals surface area contributed by atoms with E-state index in [1.165, 1.54) is 25.2 Å². The van der Waals surface area contributed by atoms with E-state index in [4.69, 9.17) is 10.5 Å². The summed E-state index contributed by atoms with van der Waals surface area (Å²) in [5.41, 5.74) is 6.03. The standard InChI is InChI=1S/C20H19F5N4O4/c1-27-18(31)12-7-14(17(26)28-8-12)32-15-9-29(10-19(15,21)22)16(30)6-11-2-4-13(5-3-11)33-20(23,24)25/h2-5,7-8,15H,6,9-10H2,1H3,(H2,26,28)(H,27,31). The molecule has 1 aromatic carbocycles. The molecule has 1 aliphatic heterocycles. The SMILES string of the molecule is CNC(=O)c1cnc(N)c(OC2CN(C(=O)Cc3ccc(OC(F)(F)F)cc3)CC2(F)F)c1. The van der Waals surface area contributed by atoms with Gasteiger partial charge in [0.15, 0.2) is 17.7 Å². The fourth-order valence-electron chi connectivity index (χ4n) is 3.13. The highest BCUT2D eigenvalue weighted by Crippen LogP contribution is 2.33. The molecule has 0 aliphatic carbocycles. The molecule has 0 saturated carbocycles. The molecule has 2 heterocycles. The monoisotopic (exact) mass is 474 g/mol. The van der Waals surface area contributed by atoms with E-state index in [0.717, 1.165) is 23.2 Å². The van der Waals surface area contributed by atoms with Gasteiger partial charge in [0.1, 0.15) is 5.75 Å². The van der Waals surface area contributed by atoms with Crippen molar-refractivity contribution in [2.75, 3.05) is 25.9 Å². The van der Waals surface area contributed by atoms with E-state index in [9.17, 15) is 31.5 Å². The molecule has 3 N–H and O–H groups in total. The molecule has 178 valence electrons. The summed E-state index contributed by atoms with van der Waals surface area (Å²) in [6.45, 7) is -1.39. The Kier molecular flexibility index (Phi) is 6.60. The Bertz CT molecular complexity index is 1030. The minimum atomic E-state index is -4.85. The van der Waals surface area contributed by atoms with Gasteiger partial charge in [0.2, 0.25) is 5.91 Å². The summed E-state index contributed by atoms with van der Waals surface area (Å²) in [6.07, 6.45) is -5.75. The van der Waals surface area contributed by atoms with Gasteiger partial charge in [-0.05, 0) is 23.8 Å². The smallest absolute Gasteiger partial charge is 0.478 e. The van der Waals surface area contributed by atoms with E-state index in [0.29, 0.717) is 5.56 Å². The molecule has 1 aliphatic rings. The van der Waals surface area contributed by atoms with Gasteiger partial charge >= 0.3 is 12.3 Å². The Morgan fingerprint density at radius 3 is 2.55 bits per heavy atom. The minimum absolute atomic E-state index is 0.0499. The largest absolute Gasteiger partial charge is 0.573 e. The Labute approximate surface area is 184 Å². The van der Waals surface area contributed by atoms with Crippen molar-refractivity contribution in [3.05, 3.63) is 47.7 Å². The second kappa shape index (κ2) is 9.08. The number of carbonyl (C=O) groups is 2. The first-order valence-electron chi connectivity index (χ1n) is 9.52. The molecule has 0 bridgehead atoms. The van der Waals surface area contributed by atoms with Crippen LogP contribution in [0.5, 0.6) is 11.5 Å². The molecule has 1 saturated heterocycles. The Balaban J connectivity index is 1.66. The van der Waals surface area contributed by atoms with Gasteiger partial charge in [-0.25, -0.2) is 13.8 Å². The molecule has 1 fully saturated rings. The molecule has 8 nitrogen and oxygen atoms in total. The van der Waals surface area contributed by atoms with Gasteiger partial charge in [0.25, 0.3) is 5.91 Å². The minimum Gasteiger partial charge on any atom is -0.478 e. The van der Waals surface area contributed by atoms with E-state index in [1.807, 2.05) is 0 Å². The zero-order chi connectivity index (χ0) is 24.4. The summed E-state index contributed by atoms with van der Waals surface area (Å²) in [7, 11) is 1.38. The maximum absolute atomic E-state index is 14.5. The Morgan fingerprint density at radius 1 is 1.27 bits per heavy atom. The summed E-state index contributed by atoms with van der Waals surface area (Å²) in [6, 6.07) is 5.69. The molecule has 13 heteroatoms. The predicted octanol–water partition coefficient (Wildman–Crippen LogP) is 2.39. The first-order chi connectivity index (χ1) is 15.4. The first-order valence-corrected chi connectivity index (χ1v) is 9.52. The molecule has 2 aromatic rings. The number of likely N-dealkylation sites (tertiary alicyclic amines) is 1. The van der Waals surface area contributed by atoms with Gasteiger partial charge in [-0.1, -0.05) is 12.1 Å². The number of nitrogens with zero attached hydrogens (tertiary/aromatic N) is 2. The van der Waals surface area contributed by atoms with Crippen molar-refractivity contribution < 1.29 is 41.0 Å². The number of halogens is 5. The highest BCUT2D eigenvalue weighted by molar-refractivity contribution is 5.94. The molecular weight excluding hydrogens is 455 g/mol. The maximum Gasteiger partial charge on any atom is 0.573 e. The summed E-state index contributed by atoms with van der Waals surface area (Å²) < 4.78 is 74.8. The van der Waals surface area contributed by atoms with Crippen LogP contribution in [0.15, 0.2) is 36.5 Å². The fraction of sp³-hybridized carbons (Fsp3) is 0.350. The van der Waals surface area contributed by atoms with Gasteiger partial charge in [0, 0.05) is 13.2 Å². The van der Waals surface area contributed by atoms with E-state index in [2.05, 4.69) is 15.0 Å². The number of hydrogen-bond donors (Lipinski definition) is 2. The third kappa shape index (κ3) is 5.99. The number of nitrogens with one attached hydrogen (secondary N) is 1. The maximum atomic E-state index is 14.5. The van der Waals surface area contributed by atoms with Crippen molar-refractivity contribution in [2.24, 2.45) is 0 Å². The number of nitrogen functional groups attached to an aromatic ring is 1. The van der Waals surface area contributed by atoms with Crippen LogP contribution in [0.25, 0.3) is 0 Å². The van der Waals surface area contributed by atoms with Gasteiger partial charge < -0.3 is 25.4 Å². The molecule has 1 aromatic heterocycles. The lowest BCUT2D eigenvalue weighted by Gasteiger charge is -2.20. The summed E-state index contributed by atoms with van der Waals surface area (Å²) in [4.78, 5) is 28.9. The number of amides is 2. The third-order valence-electron chi connectivity index (χ3n) is 4.76. The van der Waals surface area contributed by atoms with Crippen LogP contribution in [-0.2, 0) is 11.2 Å². The van der Waals surface area contributed by atoms with Crippen molar-refractivity contribution in [1.29, 1.82) is 0 Å². The highest BCUT2D eigenvalue weighted by Gasteiger charge is 2.51. The molecular formula is C20H19F5N4O4. The van der Waals surface area contributed by atoms with Crippen LogP contribution in [0.1, 0.15) is 15.9 Å². The van der Waals surface area contributed by atoms with Gasteiger partial charge in [-0.3, -0.25) is 9.59 Å². The second-order valence-corrected chi connectivity index (χ2v) is 7.20. The number of aromatic nitrogens is 1. The average Bonchev–Trinajstić information content (AvgIpc) is 3.03. The van der Waals surface area contributed by atoms with Crippen LogP contribution in [0.4, 0.5) is 27.8 Å². The highest BCUT2D eigenvalue weighted by atomic mass is 19.4. The van der Waals surface area contributed by atoms with Crippen LogP contribution in [0, 0.1) is 0 Å². The third-order valence-corrected chi connectivity index (χ3v) is 4.76. The Hall–Kier alpha value is -3.64. The summed E-state index contributed by atoms with van der Waals surface area (Å²) in [5.74, 6) is -5.51. The molecule has 3 rings (SSSR count). The van der Waals surface area contributed by atoms with Crippen molar-refractivity contribution in [3.63, 3.8) is 0 Å². The molecule has 1 atom stereocenters. The summed E-state index contributed by atoms with van der Waals surface area (Å²) in [5, 5.41) is 2.36. The van der Waals surface area contributed by atoms with Crippen LogP contribution < -0.4 is 20.5 Å². The number of hydrogen-bond acceptors (Lipinski definition) is 6. The molecule has 0 spiro atoms. The molecule has 1 unspecified atom stereocenters. The summed E-state index contributed by atoms with van der Waals surface area (Å²) >= 11 is 0. The number of nitrogens with two attached hydrogens (primary N) is 1. The average molecular weight is 474 g/mol. The normalized spacial score (nSPS) is 17.5. The fourth-order valence-corrected chi connectivity index (χ4v) is 3.13. The van der Waals surface area contributed by atoms with Gasteiger partial charge in [-0.15, -0.1) is 13.2 Å². The van der Waals surface area contributed by atoms with E-state index >= 15 is 0 Å². The van der Waals surface area contributed by atoms with Crippen molar-refractivity contribution >= 4 is 17.6 Å². The first kappa shape index (κ1) is 24.0. The number of ether oxygens (including phenoxy) is 2. The van der Waals surface area contributed by atoms with E-state index in [1.54, 1.807) is 0 Å². The number of pyridine rings is 1. The van der Waals surface area contributed by atoms with Crippen molar-refractivity contribution in [2.45, 2.75) is 24.8 Å². The molecule has 33 heavy (non-hydrogen) atoms. The number of benzene rings is 1. The predicted molar refractivity (Wildman–Crippen MR) is 105 cm³/mol. The Morgan fingerprint density at radius 2 is 1.94 bits per heavy atom. The number of alkyl halides is 5. The quantitative estimate of drug-likeness (QED) is 0.623. The lowest BCUT2D eigenvalue weighted by Crippen LogP contribution is -2.36. The van der Waals surface area contributed by atoms with Gasteiger partial charge in [-0.2, -0.15) is 0 Å². The van der Waals surface area contributed by atoms with Crippen LogP contribution in [0.3, 0.4) is 0 Å².